The highest BCUT2D eigenvalue weighted by molar-refractivity contribution is 7.16. The van der Waals surface area contributed by atoms with E-state index in [9.17, 15) is 4.79 Å². The first-order valence-electron chi connectivity index (χ1n) is 7.81. The van der Waals surface area contributed by atoms with Crippen LogP contribution in [-0.2, 0) is 4.79 Å². The van der Waals surface area contributed by atoms with Crippen molar-refractivity contribution in [3.8, 4) is 17.0 Å². The number of benzene rings is 1. The fraction of sp³-hybridized carbons (Fsp3) is 0.412. The van der Waals surface area contributed by atoms with Crippen molar-refractivity contribution in [2.45, 2.75) is 32.2 Å². The molecule has 1 fully saturated rings. The molecule has 1 unspecified atom stereocenters. The number of nitrogens with zero attached hydrogens (tertiary/aromatic N) is 1. The summed E-state index contributed by atoms with van der Waals surface area (Å²) in [6.45, 7) is 3.03. The Labute approximate surface area is 152 Å². The molecule has 1 aliphatic heterocycles. The van der Waals surface area contributed by atoms with Crippen LogP contribution in [0.4, 0.5) is 5.13 Å². The van der Waals surface area contributed by atoms with E-state index in [0.29, 0.717) is 17.6 Å². The number of nitrogens with one attached hydrogen (secondary N) is 2. The number of hydrogen-bond donors (Lipinski definition) is 2. The number of hydrogen-bond acceptors (Lipinski definition) is 5. The van der Waals surface area contributed by atoms with Crippen molar-refractivity contribution in [3.05, 3.63) is 29.1 Å². The van der Waals surface area contributed by atoms with Gasteiger partial charge in [0.15, 0.2) is 5.13 Å². The molecule has 24 heavy (non-hydrogen) atoms. The predicted octanol–water partition coefficient (Wildman–Crippen LogP) is 3.63. The van der Waals surface area contributed by atoms with Gasteiger partial charge in [-0.05, 0) is 50.6 Å². The minimum Gasteiger partial charge on any atom is -0.497 e. The summed E-state index contributed by atoms with van der Waals surface area (Å²) in [6.07, 6.45) is 2.73. The number of methoxy groups -OCH3 is 1. The zero-order valence-corrected chi connectivity index (χ0v) is 15.4. The number of thiazole rings is 1. The van der Waals surface area contributed by atoms with Crippen LogP contribution >= 0.6 is 23.7 Å². The van der Waals surface area contributed by atoms with E-state index in [2.05, 4.69) is 15.6 Å². The van der Waals surface area contributed by atoms with Crippen LogP contribution in [0.1, 0.15) is 24.1 Å². The molecule has 0 spiro atoms. The van der Waals surface area contributed by atoms with Crippen LogP contribution in [0.15, 0.2) is 24.3 Å². The summed E-state index contributed by atoms with van der Waals surface area (Å²) < 4.78 is 5.18. The molecule has 0 saturated carbocycles. The average Bonchev–Trinajstić information content (AvgIpc) is 3.17. The number of rotatable bonds is 5. The number of anilines is 1. The third-order valence-electron chi connectivity index (χ3n) is 4.00. The van der Waals surface area contributed by atoms with Crippen molar-refractivity contribution in [3.63, 3.8) is 0 Å². The van der Waals surface area contributed by atoms with Gasteiger partial charge in [-0.15, -0.1) is 23.7 Å². The fourth-order valence-electron chi connectivity index (χ4n) is 2.79. The molecular formula is C17H22ClN3O2S. The van der Waals surface area contributed by atoms with Gasteiger partial charge in [0.1, 0.15) is 5.75 Å². The second-order valence-corrected chi connectivity index (χ2v) is 6.90. The topological polar surface area (TPSA) is 63.2 Å². The molecule has 1 aliphatic rings. The largest absolute Gasteiger partial charge is 0.497 e. The molecule has 1 saturated heterocycles. The van der Waals surface area contributed by atoms with Crippen molar-refractivity contribution in [1.82, 2.24) is 10.3 Å². The third kappa shape index (κ3) is 4.47. The molecule has 1 amide bonds. The number of aromatic nitrogens is 1. The van der Waals surface area contributed by atoms with E-state index < -0.39 is 0 Å². The number of ether oxygens (including phenoxy) is 1. The van der Waals surface area contributed by atoms with E-state index in [1.54, 1.807) is 7.11 Å². The first-order chi connectivity index (χ1) is 11.2. The maximum absolute atomic E-state index is 12.1. The van der Waals surface area contributed by atoms with E-state index in [1.165, 1.54) is 11.3 Å². The Morgan fingerprint density at radius 1 is 1.42 bits per heavy atom. The Kier molecular flexibility index (Phi) is 6.60. The van der Waals surface area contributed by atoms with E-state index >= 15 is 0 Å². The summed E-state index contributed by atoms with van der Waals surface area (Å²) in [5.74, 6) is 0.846. The van der Waals surface area contributed by atoms with Crippen molar-refractivity contribution in [2.24, 2.45) is 0 Å². The van der Waals surface area contributed by atoms with Crippen molar-refractivity contribution in [2.75, 3.05) is 19.0 Å². The van der Waals surface area contributed by atoms with Gasteiger partial charge in [-0.25, -0.2) is 4.98 Å². The Morgan fingerprint density at radius 2 is 2.17 bits per heavy atom. The van der Waals surface area contributed by atoms with Gasteiger partial charge < -0.3 is 15.4 Å². The highest BCUT2D eigenvalue weighted by Crippen LogP contribution is 2.31. The van der Waals surface area contributed by atoms with E-state index in [1.807, 2.05) is 31.2 Å². The van der Waals surface area contributed by atoms with Crippen LogP contribution in [0.5, 0.6) is 5.75 Å². The first-order valence-corrected chi connectivity index (χ1v) is 8.62. The van der Waals surface area contributed by atoms with Crippen molar-refractivity contribution >= 4 is 34.8 Å². The molecule has 7 heteroatoms. The maximum atomic E-state index is 12.1. The lowest BCUT2D eigenvalue weighted by Crippen LogP contribution is -2.27. The monoisotopic (exact) mass is 367 g/mol. The molecule has 5 nitrogen and oxygen atoms in total. The van der Waals surface area contributed by atoms with E-state index in [4.69, 9.17) is 4.74 Å². The molecule has 3 rings (SSSR count). The zero-order chi connectivity index (χ0) is 16.2. The number of aryl methyl sites for hydroxylation is 1. The van der Waals surface area contributed by atoms with Gasteiger partial charge in [-0.2, -0.15) is 0 Å². The molecule has 2 aromatic rings. The summed E-state index contributed by atoms with van der Waals surface area (Å²) in [4.78, 5) is 17.8. The van der Waals surface area contributed by atoms with Gasteiger partial charge in [0, 0.05) is 22.9 Å². The smallest absolute Gasteiger partial charge is 0.227 e. The summed E-state index contributed by atoms with van der Waals surface area (Å²) in [7, 11) is 1.65. The molecule has 130 valence electrons. The Balaban J connectivity index is 0.00000208. The molecule has 1 aromatic carbocycles. The van der Waals surface area contributed by atoms with Gasteiger partial charge in [0.2, 0.25) is 5.91 Å². The Bertz CT molecular complexity index is 682. The number of carbonyl (C=O) groups is 1. The van der Waals surface area contributed by atoms with Crippen LogP contribution in [0, 0.1) is 6.92 Å². The second-order valence-electron chi connectivity index (χ2n) is 5.70. The molecule has 0 radical (unpaired) electrons. The Morgan fingerprint density at radius 3 is 2.79 bits per heavy atom. The molecule has 1 atom stereocenters. The van der Waals surface area contributed by atoms with Gasteiger partial charge in [0.05, 0.1) is 12.8 Å². The molecular weight excluding hydrogens is 346 g/mol. The summed E-state index contributed by atoms with van der Waals surface area (Å²) >= 11 is 1.51. The molecule has 1 aromatic heterocycles. The molecule has 2 N–H and O–H groups in total. The normalized spacial score (nSPS) is 16.5. The SMILES string of the molecule is COc1ccc(-c2nc(NC(=O)CC3CCCN3)sc2C)cc1.Cl. The summed E-state index contributed by atoms with van der Waals surface area (Å²) in [5.41, 5.74) is 1.93. The molecule has 0 bridgehead atoms. The van der Waals surface area contributed by atoms with Gasteiger partial charge in [-0.1, -0.05) is 0 Å². The molecule has 2 heterocycles. The highest BCUT2D eigenvalue weighted by Gasteiger charge is 2.19. The van der Waals surface area contributed by atoms with Crippen LogP contribution in [0.3, 0.4) is 0 Å². The lowest BCUT2D eigenvalue weighted by atomic mass is 10.1. The van der Waals surface area contributed by atoms with Gasteiger partial charge >= 0.3 is 0 Å². The summed E-state index contributed by atoms with van der Waals surface area (Å²) in [5, 5.41) is 6.93. The third-order valence-corrected chi connectivity index (χ3v) is 4.89. The first kappa shape index (κ1) is 18.7. The lowest BCUT2D eigenvalue weighted by molar-refractivity contribution is -0.116. The fourth-order valence-corrected chi connectivity index (χ4v) is 3.64. The number of amides is 1. The number of carbonyl (C=O) groups excluding carboxylic acids is 1. The average molecular weight is 368 g/mol. The highest BCUT2D eigenvalue weighted by atomic mass is 35.5. The van der Waals surface area contributed by atoms with Crippen molar-refractivity contribution in [1.29, 1.82) is 0 Å². The van der Waals surface area contributed by atoms with Gasteiger partial charge in [-0.3, -0.25) is 4.79 Å². The Hall–Kier alpha value is -1.63. The minimum atomic E-state index is 0. The standard InChI is InChI=1S/C17H21N3O2S.ClH/c1-11-16(12-5-7-14(22-2)8-6-12)20-17(23-11)19-15(21)10-13-4-3-9-18-13;/h5-8,13,18H,3-4,9-10H2,1-2H3,(H,19,20,21);1H. The lowest BCUT2D eigenvalue weighted by Gasteiger charge is -2.08. The second kappa shape index (κ2) is 8.46. The zero-order valence-electron chi connectivity index (χ0n) is 13.8. The van der Waals surface area contributed by atoms with E-state index in [-0.39, 0.29) is 18.3 Å². The van der Waals surface area contributed by atoms with Crippen LogP contribution in [-0.4, -0.2) is 30.6 Å². The van der Waals surface area contributed by atoms with Crippen LogP contribution < -0.4 is 15.4 Å². The predicted molar refractivity (Wildman–Crippen MR) is 100 cm³/mol. The van der Waals surface area contributed by atoms with Crippen LogP contribution in [0.25, 0.3) is 11.3 Å². The van der Waals surface area contributed by atoms with Crippen molar-refractivity contribution < 1.29 is 9.53 Å². The summed E-state index contributed by atoms with van der Waals surface area (Å²) in [6, 6.07) is 8.09. The van der Waals surface area contributed by atoms with Gasteiger partial charge in [0.25, 0.3) is 0 Å². The maximum Gasteiger partial charge on any atom is 0.227 e. The molecule has 0 aliphatic carbocycles. The minimum absolute atomic E-state index is 0. The van der Waals surface area contributed by atoms with Crippen LogP contribution in [0.2, 0.25) is 0 Å². The van der Waals surface area contributed by atoms with E-state index in [0.717, 1.165) is 41.3 Å². The number of halogens is 1. The quantitative estimate of drug-likeness (QED) is 0.847.